The molecule has 0 saturated carbocycles. The molecule has 0 bridgehead atoms. The summed E-state index contributed by atoms with van der Waals surface area (Å²) in [4.78, 5) is 0. The number of ether oxygens (including phenoxy) is 1. The predicted molar refractivity (Wildman–Crippen MR) is 75.0 cm³/mol. The maximum Gasteiger partial charge on any atom is 0.416 e. The zero-order valence-corrected chi connectivity index (χ0v) is 12.4. The second kappa shape index (κ2) is 7.77. The van der Waals surface area contributed by atoms with E-state index in [2.05, 4.69) is 5.32 Å². The summed E-state index contributed by atoms with van der Waals surface area (Å²) in [5, 5.41) is 12.7. The molecule has 3 nitrogen and oxygen atoms in total. The third-order valence-electron chi connectivity index (χ3n) is 3.00. The van der Waals surface area contributed by atoms with Crippen molar-refractivity contribution in [2.45, 2.75) is 45.2 Å². The Bertz CT molecular complexity index is 435. The van der Waals surface area contributed by atoms with E-state index in [0.717, 1.165) is 12.1 Å². The van der Waals surface area contributed by atoms with Crippen LogP contribution in [0.1, 0.15) is 37.9 Å². The molecule has 0 fully saturated rings. The molecule has 1 rings (SSSR count). The molecule has 0 spiro atoms. The van der Waals surface area contributed by atoms with Gasteiger partial charge in [-0.15, -0.1) is 0 Å². The molecule has 0 aliphatic rings. The summed E-state index contributed by atoms with van der Waals surface area (Å²) in [5.74, 6) is 0. The monoisotopic (exact) mass is 305 g/mol. The Morgan fingerprint density at radius 2 is 1.90 bits per heavy atom. The van der Waals surface area contributed by atoms with Gasteiger partial charge in [-0.3, -0.25) is 0 Å². The first-order chi connectivity index (χ1) is 9.70. The van der Waals surface area contributed by atoms with Crippen LogP contribution in [-0.4, -0.2) is 30.5 Å². The molecule has 0 aliphatic heterocycles. The number of aliphatic hydroxyl groups is 1. The highest BCUT2D eigenvalue weighted by Crippen LogP contribution is 2.30. The van der Waals surface area contributed by atoms with Gasteiger partial charge in [-0.2, -0.15) is 13.2 Å². The molecule has 120 valence electrons. The molecule has 21 heavy (non-hydrogen) atoms. The molecule has 6 heteroatoms. The van der Waals surface area contributed by atoms with Crippen LogP contribution in [0.4, 0.5) is 13.2 Å². The number of benzene rings is 1. The minimum Gasteiger partial charge on any atom is -0.389 e. The summed E-state index contributed by atoms with van der Waals surface area (Å²) in [7, 11) is 0. The van der Waals surface area contributed by atoms with Crippen LogP contribution in [0.2, 0.25) is 0 Å². The normalized spacial score (nSPS) is 15.2. The van der Waals surface area contributed by atoms with Crippen molar-refractivity contribution in [3.63, 3.8) is 0 Å². The minimum atomic E-state index is -4.35. The van der Waals surface area contributed by atoms with E-state index in [-0.39, 0.29) is 25.3 Å². The van der Waals surface area contributed by atoms with Crippen LogP contribution < -0.4 is 5.32 Å². The maximum atomic E-state index is 12.6. The quantitative estimate of drug-likeness (QED) is 0.813. The number of nitrogens with one attached hydrogen (secondary N) is 1. The van der Waals surface area contributed by atoms with Gasteiger partial charge in [0.1, 0.15) is 0 Å². The van der Waals surface area contributed by atoms with Crippen LogP contribution in [0.25, 0.3) is 0 Å². The third-order valence-corrected chi connectivity index (χ3v) is 3.00. The summed E-state index contributed by atoms with van der Waals surface area (Å²) >= 11 is 0. The predicted octanol–water partition coefficient (Wildman–Crippen LogP) is 3.14. The molecule has 1 aromatic rings. The van der Waals surface area contributed by atoms with E-state index in [4.69, 9.17) is 4.74 Å². The highest BCUT2D eigenvalue weighted by molar-refractivity contribution is 5.27. The Hall–Kier alpha value is -1.11. The van der Waals surface area contributed by atoms with Gasteiger partial charge >= 0.3 is 6.18 Å². The summed E-state index contributed by atoms with van der Waals surface area (Å²) in [6.45, 7) is 5.94. The van der Waals surface area contributed by atoms with Gasteiger partial charge in [0, 0.05) is 12.6 Å². The Balaban J connectivity index is 2.54. The molecular weight excluding hydrogens is 283 g/mol. The second-order valence-corrected chi connectivity index (χ2v) is 5.29. The van der Waals surface area contributed by atoms with E-state index in [1.165, 1.54) is 6.07 Å². The largest absolute Gasteiger partial charge is 0.416 e. The summed E-state index contributed by atoms with van der Waals surface area (Å²) < 4.78 is 43.2. The van der Waals surface area contributed by atoms with Gasteiger partial charge in [0.25, 0.3) is 0 Å². The van der Waals surface area contributed by atoms with E-state index in [9.17, 15) is 18.3 Å². The second-order valence-electron chi connectivity index (χ2n) is 5.29. The van der Waals surface area contributed by atoms with Crippen molar-refractivity contribution >= 4 is 0 Å². The van der Waals surface area contributed by atoms with E-state index < -0.39 is 17.8 Å². The van der Waals surface area contributed by atoms with Crippen LogP contribution in [0.15, 0.2) is 24.3 Å². The Labute approximate surface area is 123 Å². The standard InChI is InChI=1S/C15H22F3NO2/c1-10(2)21-9-14(20)8-19-11(3)12-5-4-6-13(7-12)15(16,17)18/h4-7,10-11,14,19-20H,8-9H2,1-3H3. The lowest BCUT2D eigenvalue weighted by atomic mass is 10.0. The zero-order chi connectivity index (χ0) is 16.0. The first-order valence-corrected chi connectivity index (χ1v) is 6.90. The minimum absolute atomic E-state index is 0.0283. The van der Waals surface area contributed by atoms with Crippen LogP contribution in [-0.2, 0) is 10.9 Å². The van der Waals surface area contributed by atoms with E-state index in [0.29, 0.717) is 5.56 Å². The van der Waals surface area contributed by atoms with Gasteiger partial charge in [-0.05, 0) is 38.5 Å². The molecule has 0 radical (unpaired) electrons. The molecule has 2 atom stereocenters. The molecule has 0 aliphatic carbocycles. The summed E-state index contributed by atoms with van der Waals surface area (Å²) in [6.07, 6.45) is -5.01. The van der Waals surface area contributed by atoms with Crippen LogP contribution in [0.3, 0.4) is 0 Å². The van der Waals surface area contributed by atoms with Crippen LogP contribution in [0.5, 0.6) is 0 Å². The number of alkyl halides is 3. The van der Waals surface area contributed by atoms with Crippen molar-refractivity contribution in [2.24, 2.45) is 0 Å². The Morgan fingerprint density at radius 3 is 2.48 bits per heavy atom. The number of hydrogen-bond acceptors (Lipinski definition) is 3. The average molecular weight is 305 g/mol. The van der Waals surface area contributed by atoms with E-state index >= 15 is 0 Å². The topological polar surface area (TPSA) is 41.5 Å². The fourth-order valence-electron chi connectivity index (χ4n) is 1.78. The van der Waals surface area contributed by atoms with Gasteiger partial charge in [0.15, 0.2) is 0 Å². The first-order valence-electron chi connectivity index (χ1n) is 6.90. The van der Waals surface area contributed by atoms with Crippen LogP contribution >= 0.6 is 0 Å². The third kappa shape index (κ3) is 6.46. The molecule has 0 amide bonds. The zero-order valence-electron chi connectivity index (χ0n) is 12.4. The van der Waals surface area contributed by atoms with Gasteiger partial charge in [-0.1, -0.05) is 12.1 Å². The fourth-order valence-corrected chi connectivity index (χ4v) is 1.78. The fraction of sp³-hybridized carbons (Fsp3) is 0.600. The summed E-state index contributed by atoms with van der Waals surface area (Å²) in [5.41, 5.74) is -0.140. The molecule has 0 heterocycles. The number of hydrogen-bond donors (Lipinski definition) is 2. The van der Waals surface area contributed by atoms with Crippen LogP contribution in [0, 0.1) is 0 Å². The number of halogens is 3. The lowest BCUT2D eigenvalue weighted by molar-refractivity contribution is -0.137. The molecule has 2 N–H and O–H groups in total. The van der Waals surface area contributed by atoms with E-state index in [1.54, 1.807) is 13.0 Å². The van der Waals surface area contributed by atoms with Crippen molar-refractivity contribution in [3.05, 3.63) is 35.4 Å². The highest BCUT2D eigenvalue weighted by Gasteiger charge is 2.30. The average Bonchev–Trinajstić information content (AvgIpc) is 2.41. The smallest absolute Gasteiger partial charge is 0.389 e. The maximum absolute atomic E-state index is 12.6. The lowest BCUT2D eigenvalue weighted by Gasteiger charge is -2.19. The first kappa shape index (κ1) is 17.9. The SMILES string of the molecule is CC(C)OCC(O)CNC(C)c1cccc(C(F)(F)F)c1. The van der Waals surface area contributed by atoms with E-state index in [1.807, 2.05) is 13.8 Å². The lowest BCUT2D eigenvalue weighted by Crippen LogP contribution is -2.32. The van der Waals surface area contributed by atoms with Gasteiger partial charge < -0.3 is 15.2 Å². The van der Waals surface area contributed by atoms with Gasteiger partial charge in [0.2, 0.25) is 0 Å². The molecule has 1 aromatic carbocycles. The highest BCUT2D eigenvalue weighted by atomic mass is 19.4. The summed E-state index contributed by atoms with van der Waals surface area (Å²) in [6, 6.07) is 4.88. The van der Waals surface area contributed by atoms with Gasteiger partial charge in [-0.25, -0.2) is 0 Å². The van der Waals surface area contributed by atoms with Crippen molar-refractivity contribution in [1.29, 1.82) is 0 Å². The van der Waals surface area contributed by atoms with Gasteiger partial charge in [0.05, 0.1) is 24.4 Å². The van der Waals surface area contributed by atoms with Crippen molar-refractivity contribution in [1.82, 2.24) is 5.32 Å². The Morgan fingerprint density at radius 1 is 1.24 bits per heavy atom. The molecular formula is C15H22F3NO2. The van der Waals surface area contributed by atoms with Crippen molar-refractivity contribution in [2.75, 3.05) is 13.2 Å². The molecule has 2 unspecified atom stereocenters. The number of aliphatic hydroxyl groups excluding tert-OH is 1. The molecule has 0 aromatic heterocycles. The molecule has 0 saturated heterocycles. The van der Waals surface area contributed by atoms with Crippen molar-refractivity contribution in [3.8, 4) is 0 Å². The van der Waals surface area contributed by atoms with Crippen molar-refractivity contribution < 1.29 is 23.0 Å². The Kier molecular flexibility index (Phi) is 6.64. The number of rotatable bonds is 7.